The first-order chi connectivity index (χ1) is 8.43. The summed E-state index contributed by atoms with van der Waals surface area (Å²) in [4.78, 5) is 11.1. The van der Waals surface area contributed by atoms with Crippen LogP contribution < -0.4 is 10.5 Å². The predicted molar refractivity (Wildman–Crippen MR) is 71.3 cm³/mol. The lowest BCUT2D eigenvalue weighted by molar-refractivity contribution is -0.142. The third-order valence-electron chi connectivity index (χ3n) is 2.19. The zero-order valence-corrected chi connectivity index (χ0v) is 11.7. The van der Waals surface area contributed by atoms with Gasteiger partial charge >= 0.3 is 5.97 Å². The molecule has 0 radical (unpaired) electrons. The van der Waals surface area contributed by atoms with E-state index >= 15 is 0 Å². The van der Waals surface area contributed by atoms with Gasteiger partial charge in [0.15, 0.2) is 6.61 Å². The average Bonchev–Trinajstić information content (AvgIpc) is 2.26. The van der Waals surface area contributed by atoms with Gasteiger partial charge in [-0.3, -0.25) is 0 Å². The van der Waals surface area contributed by atoms with Crippen LogP contribution in [-0.4, -0.2) is 25.7 Å². The number of carbonyl (C=O) groups is 1. The summed E-state index contributed by atoms with van der Waals surface area (Å²) < 4.78 is 9.85. The van der Waals surface area contributed by atoms with Gasteiger partial charge < -0.3 is 15.2 Å². The molecule has 0 amide bonds. The predicted octanol–water partition coefficient (Wildman–Crippen LogP) is 2.43. The second-order valence-corrected chi connectivity index (χ2v) is 4.77. The average molecular weight is 292 g/mol. The molecule has 1 aromatic carbocycles. The molecule has 0 saturated heterocycles. The molecule has 18 heavy (non-hydrogen) atoms. The normalized spacial score (nSPS) is 12.1. The Kier molecular flexibility index (Phi) is 5.72. The number of nitrogens with two attached hydrogens (primary N) is 1. The Labute approximate surface area is 116 Å². The Morgan fingerprint density at radius 1 is 1.44 bits per heavy atom. The molecule has 0 saturated carbocycles. The van der Waals surface area contributed by atoms with E-state index in [2.05, 4.69) is 4.74 Å². The first-order valence-electron chi connectivity index (χ1n) is 5.37. The number of esters is 1. The van der Waals surface area contributed by atoms with Crippen molar-refractivity contribution in [2.24, 2.45) is 5.73 Å². The minimum absolute atomic E-state index is 0.0694. The molecule has 1 unspecified atom stereocenters. The number of halogens is 2. The number of hydrogen-bond donors (Lipinski definition) is 1. The smallest absolute Gasteiger partial charge is 0.343 e. The quantitative estimate of drug-likeness (QED) is 0.847. The molecule has 100 valence electrons. The van der Waals surface area contributed by atoms with Crippen LogP contribution in [0.2, 0.25) is 10.0 Å². The highest BCUT2D eigenvalue weighted by molar-refractivity contribution is 6.35. The maximum atomic E-state index is 11.1. The van der Waals surface area contributed by atoms with E-state index in [1.165, 1.54) is 7.11 Å². The topological polar surface area (TPSA) is 61.5 Å². The Hall–Kier alpha value is -0.970. The van der Waals surface area contributed by atoms with Crippen molar-refractivity contribution in [3.8, 4) is 5.75 Å². The fourth-order valence-corrected chi connectivity index (χ4v) is 2.05. The van der Waals surface area contributed by atoms with E-state index in [9.17, 15) is 4.79 Å². The summed E-state index contributed by atoms with van der Waals surface area (Å²) in [5.74, 6) is -0.0588. The van der Waals surface area contributed by atoms with Crippen LogP contribution in [-0.2, 0) is 16.0 Å². The molecule has 0 heterocycles. The monoisotopic (exact) mass is 291 g/mol. The van der Waals surface area contributed by atoms with Gasteiger partial charge in [0.25, 0.3) is 0 Å². The van der Waals surface area contributed by atoms with Crippen molar-refractivity contribution < 1.29 is 14.3 Å². The second-order valence-electron chi connectivity index (χ2n) is 3.92. The SMILES string of the molecule is COC(=O)COc1c(Cl)cc(Cl)cc1CC(C)N. The Morgan fingerprint density at radius 2 is 2.11 bits per heavy atom. The van der Waals surface area contributed by atoms with Crippen molar-refractivity contribution >= 4 is 29.2 Å². The summed E-state index contributed by atoms with van der Waals surface area (Å²) in [6.45, 7) is 1.66. The molecule has 0 spiro atoms. The van der Waals surface area contributed by atoms with Crippen LogP contribution in [0.25, 0.3) is 0 Å². The van der Waals surface area contributed by atoms with E-state index < -0.39 is 5.97 Å². The molecular weight excluding hydrogens is 277 g/mol. The maximum Gasteiger partial charge on any atom is 0.343 e. The molecule has 0 aromatic heterocycles. The fourth-order valence-electron chi connectivity index (χ4n) is 1.46. The van der Waals surface area contributed by atoms with Gasteiger partial charge in [0.2, 0.25) is 0 Å². The molecule has 0 aliphatic rings. The van der Waals surface area contributed by atoms with Gasteiger partial charge in [0.05, 0.1) is 12.1 Å². The first-order valence-corrected chi connectivity index (χ1v) is 6.12. The zero-order chi connectivity index (χ0) is 13.7. The molecule has 1 atom stereocenters. The van der Waals surface area contributed by atoms with E-state index in [4.69, 9.17) is 33.7 Å². The number of hydrogen-bond acceptors (Lipinski definition) is 4. The number of methoxy groups -OCH3 is 1. The van der Waals surface area contributed by atoms with Crippen molar-refractivity contribution in [3.05, 3.63) is 27.7 Å². The summed E-state index contributed by atoms with van der Waals surface area (Å²) in [6, 6.07) is 3.21. The van der Waals surface area contributed by atoms with Crippen LogP contribution in [0.1, 0.15) is 12.5 Å². The largest absolute Gasteiger partial charge is 0.480 e. The maximum absolute atomic E-state index is 11.1. The number of ether oxygens (including phenoxy) is 2. The van der Waals surface area contributed by atoms with E-state index in [0.29, 0.717) is 22.2 Å². The fraction of sp³-hybridized carbons (Fsp3) is 0.417. The molecule has 4 nitrogen and oxygen atoms in total. The highest BCUT2D eigenvalue weighted by atomic mass is 35.5. The van der Waals surface area contributed by atoms with Gasteiger partial charge in [-0.05, 0) is 31.0 Å². The van der Waals surface area contributed by atoms with Crippen LogP contribution >= 0.6 is 23.2 Å². The molecule has 6 heteroatoms. The van der Waals surface area contributed by atoms with Gasteiger partial charge in [-0.25, -0.2) is 4.79 Å². The van der Waals surface area contributed by atoms with E-state index in [1.807, 2.05) is 6.92 Å². The Morgan fingerprint density at radius 3 is 2.67 bits per heavy atom. The van der Waals surface area contributed by atoms with Gasteiger partial charge in [0.1, 0.15) is 5.75 Å². The minimum Gasteiger partial charge on any atom is -0.480 e. The van der Waals surface area contributed by atoms with Gasteiger partial charge in [0, 0.05) is 11.1 Å². The molecular formula is C12H15Cl2NO3. The van der Waals surface area contributed by atoms with Gasteiger partial charge in [-0.2, -0.15) is 0 Å². The number of carbonyl (C=O) groups excluding carboxylic acids is 1. The Balaban J connectivity index is 2.96. The molecule has 1 rings (SSSR count). The molecule has 0 aliphatic heterocycles. The lowest BCUT2D eigenvalue weighted by atomic mass is 10.1. The summed E-state index contributed by atoms with van der Waals surface area (Å²) in [5, 5.41) is 0.850. The molecule has 0 fully saturated rings. The van der Waals surface area contributed by atoms with Crippen molar-refractivity contribution in [2.45, 2.75) is 19.4 Å². The van der Waals surface area contributed by atoms with E-state index in [0.717, 1.165) is 5.56 Å². The van der Waals surface area contributed by atoms with Crippen molar-refractivity contribution in [3.63, 3.8) is 0 Å². The highest BCUT2D eigenvalue weighted by Gasteiger charge is 2.14. The van der Waals surface area contributed by atoms with E-state index in [-0.39, 0.29) is 12.6 Å². The number of rotatable bonds is 5. The standard InChI is InChI=1S/C12H15Cl2NO3/c1-7(15)3-8-4-9(13)5-10(14)12(8)18-6-11(16)17-2/h4-5,7H,3,6,15H2,1-2H3. The van der Waals surface area contributed by atoms with Crippen molar-refractivity contribution in [2.75, 3.05) is 13.7 Å². The highest BCUT2D eigenvalue weighted by Crippen LogP contribution is 2.33. The summed E-state index contributed by atoms with van der Waals surface area (Å²) in [6.07, 6.45) is 0.552. The summed E-state index contributed by atoms with van der Waals surface area (Å²) in [5.41, 5.74) is 6.51. The molecule has 2 N–H and O–H groups in total. The van der Waals surface area contributed by atoms with Crippen LogP contribution in [0.4, 0.5) is 0 Å². The lowest BCUT2D eigenvalue weighted by Gasteiger charge is -2.14. The minimum atomic E-state index is -0.479. The molecule has 1 aromatic rings. The van der Waals surface area contributed by atoms with Crippen LogP contribution in [0, 0.1) is 0 Å². The zero-order valence-electron chi connectivity index (χ0n) is 10.2. The second kappa shape index (κ2) is 6.83. The van der Waals surface area contributed by atoms with Gasteiger partial charge in [-0.1, -0.05) is 23.2 Å². The summed E-state index contributed by atoms with van der Waals surface area (Å²) in [7, 11) is 1.29. The van der Waals surface area contributed by atoms with Crippen molar-refractivity contribution in [1.29, 1.82) is 0 Å². The lowest BCUT2D eigenvalue weighted by Crippen LogP contribution is -2.19. The third-order valence-corrected chi connectivity index (χ3v) is 2.69. The third kappa shape index (κ3) is 4.37. The van der Waals surface area contributed by atoms with Crippen LogP contribution in [0.3, 0.4) is 0 Å². The van der Waals surface area contributed by atoms with E-state index in [1.54, 1.807) is 12.1 Å². The van der Waals surface area contributed by atoms with Crippen molar-refractivity contribution in [1.82, 2.24) is 0 Å². The number of benzene rings is 1. The van der Waals surface area contributed by atoms with Crippen LogP contribution in [0.15, 0.2) is 12.1 Å². The van der Waals surface area contributed by atoms with Gasteiger partial charge in [-0.15, -0.1) is 0 Å². The first kappa shape index (κ1) is 15.1. The molecule has 0 aliphatic carbocycles. The Bertz CT molecular complexity index is 436. The molecule has 0 bridgehead atoms. The van der Waals surface area contributed by atoms with Crippen LogP contribution in [0.5, 0.6) is 5.75 Å². The summed E-state index contributed by atoms with van der Waals surface area (Å²) >= 11 is 12.0.